The lowest BCUT2D eigenvalue weighted by atomic mass is 10.1. The molecule has 2 nitrogen and oxygen atoms in total. The van der Waals surface area contributed by atoms with Gasteiger partial charge in [-0.05, 0) is 30.2 Å². The van der Waals surface area contributed by atoms with E-state index < -0.39 is 6.04 Å². The van der Waals surface area contributed by atoms with Gasteiger partial charge >= 0.3 is 0 Å². The maximum atomic E-state index is 13.1. The van der Waals surface area contributed by atoms with Gasteiger partial charge < -0.3 is 10.8 Å². The zero-order valence-electron chi connectivity index (χ0n) is 7.22. The van der Waals surface area contributed by atoms with Crippen molar-refractivity contribution in [1.29, 1.82) is 0 Å². The van der Waals surface area contributed by atoms with E-state index in [0.29, 0.717) is 16.1 Å². The van der Waals surface area contributed by atoms with E-state index in [2.05, 4.69) is 0 Å². The van der Waals surface area contributed by atoms with E-state index in [1.165, 1.54) is 12.1 Å². The first-order valence-corrected chi connectivity index (χ1v) is 4.26. The van der Waals surface area contributed by atoms with Crippen LogP contribution in [0.25, 0.3) is 0 Å². The molecule has 3 N–H and O–H groups in total. The number of hydrogen-bond donors (Lipinski definition) is 2. The van der Waals surface area contributed by atoms with Crippen LogP contribution in [0.5, 0.6) is 0 Å². The van der Waals surface area contributed by atoms with E-state index >= 15 is 0 Å². The Labute approximate surface area is 81.1 Å². The van der Waals surface area contributed by atoms with Crippen molar-refractivity contribution in [3.05, 3.63) is 34.1 Å². The van der Waals surface area contributed by atoms with Crippen LogP contribution in [0.4, 0.5) is 4.39 Å². The topological polar surface area (TPSA) is 46.2 Å². The van der Waals surface area contributed by atoms with Crippen molar-refractivity contribution >= 4 is 11.6 Å². The highest BCUT2D eigenvalue weighted by molar-refractivity contribution is 6.31. The Bertz CT molecular complexity index is 317. The molecule has 1 atom stereocenters. The number of halogens is 2. The predicted octanol–water partition coefficient (Wildman–Crippen LogP) is 1.78. The number of benzene rings is 1. The van der Waals surface area contributed by atoms with Crippen molar-refractivity contribution in [2.45, 2.75) is 13.0 Å². The fourth-order valence-corrected chi connectivity index (χ4v) is 1.40. The Morgan fingerprint density at radius 3 is 2.77 bits per heavy atom. The Morgan fingerprint density at radius 2 is 2.23 bits per heavy atom. The molecule has 0 aromatic heterocycles. The quantitative estimate of drug-likeness (QED) is 0.770. The van der Waals surface area contributed by atoms with Crippen LogP contribution >= 0.6 is 11.6 Å². The molecular weight excluding hydrogens is 193 g/mol. The van der Waals surface area contributed by atoms with Crippen molar-refractivity contribution in [2.24, 2.45) is 5.73 Å². The summed E-state index contributed by atoms with van der Waals surface area (Å²) in [5.41, 5.74) is 6.42. The summed E-state index contributed by atoms with van der Waals surface area (Å²) in [4.78, 5) is 0. The summed E-state index contributed by atoms with van der Waals surface area (Å²) in [5, 5.41) is 9.16. The van der Waals surface area contributed by atoms with Crippen molar-refractivity contribution in [3.63, 3.8) is 0 Å². The van der Waals surface area contributed by atoms with Gasteiger partial charge in [0.05, 0.1) is 12.6 Å². The standard InChI is InChI=1S/C9H11ClFNO/c1-5-2-7(10)6(3-8(5)11)9(12)4-13/h2-3,9,13H,4,12H2,1H3. The first-order valence-electron chi connectivity index (χ1n) is 3.88. The van der Waals surface area contributed by atoms with E-state index in [0.717, 1.165) is 0 Å². The molecule has 4 heteroatoms. The number of aliphatic hydroxyl groups excluding tert-OH is 1. The van der Waals surface area contributed by atoms with E-state index in [9.17, 15) is 4.39 Å². The highest BCUT2D eigenvalue weighted by Gasteiger charge is 2.11. The molecule has 0 saturated carbocycles. The van der Waals surface area contributed by atoms with Crippen LogP contribution in [0.2, 0.25) is 5.02 Å². The summed E-state index contributed by atoms with van der Waals surface area (Å²) in [6, 6.07) is 2.14. The van der Waals surface area contributed by atoms with Gasteiger partial charge in [0, 0.05) is 5.02 Å². The summed E-state index contributed by atoms with van der Waals surface area (Å²) < 4.78 is 13.1. The van der Waals surface area contributed by atoms with Gasteiger partial charge in [0.1, 0.15) is 5.82 Å². The monoisotopic (exact) mass is 203 g/mol. The van der Waals surface area contributed by atoms with Crippen LogP contribution in [-0.2, 0) is 0 Å². The van der Waals surface area contributed by atoms with Crippen LogP contribution < -0.4 is 5.73 Å². The lowest BCUT2D eigenvalue weighted by Crippen LogP contribution is -2.15. The molecule has 0 saturated heterocycles. The van der Waals surface area contributed by atoms with Crippen molar-refractivity contribution in [3.8, 4) is 0 Å². The minimum absolute atomic E-state index is 0.248. The molecule has 0 aliphatic carbocycles. The summed E-state index contributed by atoms with van der Waals surface area (Å²) in [7, 11) is 0. The number of rotatable bonds is 2. The van der Waals surface area contributed by atoms with Crippen LogP contribution in [0.15, 0.2) is 12.1 Å². The Kier molecular flexibility index (Phi) is 3.25. The third-order valence-electron chi connectivity index (χ3n) is 1.87. The molecule has 1 unspecified atom stereocenters. The molecule has 0 aliphatic heterocycles. The molecule has 72 valence electrons. The van der Waals surface area contributed by atoms with E-state index in [4.69, 9.17) is 22.4 Å². The van der Waals surface area contributed by atoms with Gasteiger partial charge in [0.2, 0.25) is 0 Å². The van der Waals surface area contributed by atoms with Crippen LogP contribution in [0.1, 0.15) is 17.2 Å². The maximum Gasteiger partial charge on any atom is 0.126 e. The van der Waals surface area contributed by atoms with Crippen LogP contribution in [0.3, 0.4) is 0 Å². The molecule has 0 fully saturated rings. The van der Waals surface area contributed by atoms with E-state index in [-0.39, 0.29) is 12.4 Å². The zero-order valence-corrected chi connectivity index (χ0v) is 7.98. The minimum Gasteiger partial charge on any atom is -0.394 e. The summed E-state index contributed by atoms with van der Waals surface area (Å²) in [6.45, 7) is 1.37. The molecule has 0 amide bonds. The van der Waals surface area contributed by atoms with Crippen molar-refractivity contribution in [1.82, 2.24) is 0 Å². The highest BCUT2D eigenvalue weighted by Crippen LogP contribution is 2.24. The lowest BCUT2D eigenvalue weighted by Gasteiger charge is -2.11. The normalized spacial score (nSPS) is 13.0. The molecule has 13 heavy (non-hydrogen) atoms. The van der Waals surface area contributed by atoms with E-state index in [1.54, 1.807) is 6.92 Å². The van der Waals surface area contributed by atoms with Crippen molar-refractivity contribution < 1.29 is 9.50 Å². The number of hydrogen-bond acceptors (Lipinski definition) is 2. The SMILES string of the molecule is Cc1cc(Cl)c(C(N)CO)cc1F. The fraction of sp³-hybridized carbons (Fsp3) is 0.333. The predicted molar refractivity (Wildman–Crippen MR) is 50.2 cm³/mol. The third-order valence-corrected chi connectivity index (χ3v) is 2.20. The maximum absolute atomic E-state index is 13.1. The minimum atomic E-state index is -0.623. The lowest BCUT2D eigenvalue weighted by molar-refractivity contribution is 0.268. The van der Waals surface area contributed by atoms with Gasteiger partial charge in [-0.2, -0.15) is 0 Å². The first-order chi connectivity index (χ1) is 6.06. The average Bonchev–Trinajstić information content (AvgIpc) is 2.10. The average molecular weight is 204 g/mol. The third kappa shape index (κ3) is 2.18. The number of aliphatic hydroxyl groups is 1. The molecule has 0 aliphatic rings. The molecule has 1 aromatic rings. The Balaban J connectivity index is 3.15. The Hall–Kier alpha value is -0.640. The van der Waals surface area contributed by atoms with Gasteiger partial charge in [-0.15, -0.1) is 0 Å². The van der Waals surface area contributed by atoms with Crippen molar-refractivity contribution in [2.75, 3.05) is 6.61 Å². The second-order valence-electron chi connectivity index (χ2n) is 2.91. The second kappa shape index (κ2) is 4.05. The first kappa shape index (κ1) is 10.4. The van der Waals surface area contributed by atoms with Gasteiger partial charge in [-0.25, -0.2) is 4.39 Å². The van der Waals surface area contributed by atoms with Gasteiger partial charge in [0.15, 0.2) is 0 Å². The molecule has 0 bridgehead atoms. The Morgan fingerprint density at radius 1 is 1.62 bits per heavy atom. The fourth-order valence-electron chi connectivity index (χ4n) is 1.04. The van der Waals surface area contributed by atoms with Crippen LogP contribution in [-0.4, -0.2) is 11.7 Å². The van der Waals surface area contributed by atoms with Gasteiger partial charge in [0.25, 0.3) is 0 Å². The molecule has 1 rings (SSSR count). The van der Waals surface area contributed by atoms with E-state index in [1.807, 2.05) is 0 Å². The molecule has 1 aromatic carbocycles. The molecular formula is C9H11ClFNO. The smallest absolute Gasteiger partial charge is 0.126 e. The molecule has 0 heterocycles. The summed E-state index contributed by atoms with van der Waals surface area (Å²) in [5.74, 6) is -0.358. The van der Waals surface area contributed by atoms with Crippen LogP contribution in [0, 0.1) is 12.7 Å². The highest BCUT2D eigenvalue weighted by atomic mass is 35.5. The number of aryl methyl sites for hydroxylation is 1. The number of nitrogens with two attached hydrogens (primary N) is 1. The second-order valence-corrected chi connectivity index (χ2v) is 3.32. The molecule has 0 radical (unpaired) electrons. The zero-order chi connectivity index (χ0) is 10.0. The van der Waals surface area contributed by atoms with Gasteiger partial charge in [-0.3, -0.25) is 0 Å². The summed E-state index contributed by atoms with van der Waals surface area (Å²) >= 11 is 5.82. The molecule has 0 spiro atoms. The van der Waals surface area contributed by atoms with Gasteiger partial charge in [-0.1, -0.05) is 11.6 Å². The summed E-state index contributed by atoms with van der Waals surface area (Å²) in [6.07, 6.45) is 0. The largest absolute Gasteiger partial charge is 0.394 e.